The first-order valence-electron chi connectivity index (χ1n) is 10.6. The summed E-state index contributed by atoms with van der Waals surface area (Å²) in [5.74, 6) is 0.0751. The van der Waals surface area contributed by atoms with Crippen LogP contribution < -0.4 is 0 Å². The summed E-state index contributed by atoms with van der Waals surface area (Å²) >= 11 is 0. The molecular weight excluding hydrogens is 461 g/mol. The highest BCUT2D eigenvalue weighted by Gasteiger charge is 2.67. The number of rotatable bonds is 6. The lowest BCUT2D eigenvalue weighted by molar-refractivity contribution is -0.171. The number of halogens is 1. The first kappa shape index (κ1) is 25.0. The van der Waals surface area contributed by atoms with E-state index in [1.54, 1.807) is 37.3 Å². The van der Waals surface area contributed by atoms with Crippen molar-refractivity contribution in [3.05, 3.63) is 77.8 Å². The fourth-order valence-electron chi connectivity index (χ4n) is 3.55. The molecule has 2 aromatic carbocycles. The second-order valence-electron chi connectivity index (χ2n) is 7.39. The highest BCUT2D eigenvalue weighted by Crippen LogP contribution is 2.44. The molecule has 9 heteroatoms. The van der Waals surface area contributed by atoms with Crippen LogP contribution in [-0.2, 0) is 29.1 Å². The second kappa shape index (κ2) is 10.1. The monoisotopic (exact) mass is 485 g/mol. The lowest BCUT2D eigenvalue weighted by Crippen LogP contribution is -2.63. The van der Waals surface area contributed by atoms with Crippen LogP contribution in [0.15, 0.2) is 71.5 Å². The Kier molecular flexibility index (Phi) is 7.42. The number of esters is 2. The van der Waals surface area contributed by atoms with Crippen LogP contribution in [0.25, 0.3) is 0 Å². The van der Waals surface area contributed by atoms with Crippen LogP contribution in [0.1, 0.15) is 25.0 Å². The maximum absolute atomic E-state index is 15.4. The zero-order valence-corrected chi connectivity index (χ0v) is 19.8. The number of benzene rings is 2. The Hall–Kier alpha value is -3.64. The van der Waals surface area contributed by atoms with Crippen LogP contribution in [0.3, 0.4) is 0 Å². The molecule has 0 saturated carbocycles. The van der Waals surface area contributed by atoms with Gasteiger partial charge in [0.15, 0.2) is 0 Å². The van der Waals surface area contributed by atoms with E-state index in [-0.39, 0.29) is 22.4 Å². The lowest BCUT2D eigenvalue weighted by atomic mass is 9.86. The molecule has 0 radical (unpaired) electrons. The van der Waals surface area contributed by atoms with E-state index >= 15 is 4.39 Å². The molecule has 0 fully saturated rings. The van der Waals surface area contributed by atoms with Crippen LogP contribution >= 0.6 is 0 Å². The van der Waals surface area contributed by atoms with Gasteiger partial charge in [0.05, 0.1) is 24.0 Å². The van der Waals surface area contributed by atoms with Gasteiger partial charge >= 0.3 is 11.9 Å². The molecule has 1 unspecified atom stereocenters. The molecule has 0 bridgehead atoms. The maximum atomic E-state index is 15.4. The van der Waals surface area contributed by atoms with Gasteiger partial charge in [-0.25, -0.2) is 22.3 Å². The van der Waals surface area contributed by atoms with Crippen LogP contribution in [0.2, 0.25) is 0 Å². The zero-order chi connectivity index (χ0) is 24.9. The molecule has 34 heavy (non-hydrogen) atoms. The van der Waals surface area contributed by atoms with Crippen LogP contribution in [0.5, 0.6) is 0 Å². The molecule has 1 atom stereocenters. The minimum Gasteiger partial charge on any atom is -0.464 e. The van der Waals surface area contributed by atoms with E-state index in [2.05, 4.69) is 11.8 Å². The molecule has 0 amide bonds. The normalized spacial score (nSPS) is 16.8. The van der Waals surface area contributed by atoms with Gasteiger partial charge in [0.2, 0.25) is 5.95 Å². The summed E-state index contributed by atoms with van der Waals surface area (Å²) in [7, 11) is -4.73. The molecule has 1 heterocycles. The summed E-state index contributed by atoms with van der Waals surface area (Å²) in [4.78, 5) is 26.3. The lowest BCUT2D eigenvalue weighted by Gasteiger charge is -2.36. The fourth-order valence-corrected chi connectivity index (χ4v) is 5.18. The Bertz CT molecular complexity index is 1240. The third-order valence-corrected chi connectivity index (χ3v) is 6.96. The number of carbonyl (C=O) groups excluding carboxylic acids is 2. The average molecular weight is 486 g/mol. The minimum absolute atomic E-state index is 0.144. The van der Waals surface area contributed by atoms with E-state index in [1.807, 2.05) is 0 Å². The third-order valence-electron chi connectivity index (χ3n) is 5.15. The summed E-state index contributed by atoms with van der Waals surface area (Å²) in [6.07, 6.45) is 0.829. The Morgan fingerprint density at radius 2 is 1.56 bits per heavy atom. The van der Waals surface area contributed by atoms with Crippen molar-refractivity contribution in [2.75, 3.05) is 13.2 Å². The average Bonchev–Trinajstić information content (AvgIpc) is 3.12. The molecule has 0 aliphatic carbocycles. The van der Waals surface area contributed by atoms with Gasteiger partial charge in [0, 0.05) is 5.56 Å². The zero-order valence-electron chi connectivity index (χ0n) is 18.9. The molecule has 0 saturated heterocycles. The summed E-state index contributed by atoms with van der Waals surface area (Å²) in [6, 6.07) is 14.2. The molecule has 1 aliphatic heterocycles. The Labute approximate surface area is 198 Å². The second-order valence-corrected chi connectivity index (χ2v) is 9.18. The summed E-state index contributed by atoms with van der Waals surface area (Å²) in [6.45, 7) is 4.36. The van der Waals surface area contributed by atoms with E-state index in [1.165, 1.54) is 38.1 Å². The van der Waals surface area contributed by atoms with Crippen molar-refractivity contribution in [3.63, 3.8) is 0 Å². The van der Waals surface area contributed by atoms with E-state index in [4.69, 9.17) is 9.47 Å². The van der Waals surface area contributed by atoms with Gasteiger partial charge in [-0.3, -0.25) is 0 Å². The largest absolute Gasteiger partial charge is 0.464 e. The first-order chi connectivity index (χ1) is 16.2. The Morgan fingerprint density at radius 1 is 1.00 bits per heavy atom. The predicted molar refractivity (Wildman–Crippen MR) is 122 cm³/mol. The topological polar surface area (TPSA) is 90.0 Å². The van der Waals surface area contributed by atoms with E-state index in [9.17, 15) is 18.0 Å². The SMILES string of the molecule is CCOC(=O)C1(C(=O)OCC)C(C#Cc2ccccc2)C=C(F)N1S(=O)(=O)c1ccc(C)cc1. The Morgan fingerprint density at radius 3 is 2.09 bits per heavy atom. The number of ether oxygens (including phenoxy) is 2. The molecular formula is C25H24FNO6S. The highest BCUT2D eigenvalue weighted by molar-refractivity contribution is 7.89. The van der Waals surface area contributed by atoms with Crippen molar-refractivity contribution in [2.45, 2.75) is 31.2 Å². The van der Waals surface area contributed by atoms with E-state index in [0.717, 1.165) is 11.6 Å². The van der Waals surface area contributed by atoms with Gasteiger partial charge in [-0.2, -0.15) is 4.39 Å². The maximum Gasteiger partial charge on any atom is 0.346 e. The van der Waals surface area contributed by atoms with Crippen molar-refractivity contribution in [3.8, 4) is 11.8 Å². The quantitative estimate of drug-likeness (QED) is 0.270. The van der Waals surface area contributed by atoms with Gasteiger partial charge in [-0.1, -0.05) is 47.7 Å². The molecule has 0 N–H and O–H groups in total. The summed E-state index contributed by atoms with van der Waals surface area (Å²) in [5, 5.41) is 0. The standard InChI is InChI=1S/C25H24FNO6S/c1-4-32-23(28)25(24(29)33-5-2)20(14-13-19-9-7-6-8-10-19)17-22(26)27(25)34(30,31)21-15-11-18(3)12-16-21/h6-12,15-17,20H,4-5H2,1-3H3. The molecule has 3 rings (SSSR count). The first-order valence-corrected chi connectivity index (χ1v) is 12.0. The molecule has 1 aliphatic rings. The fraction of sp³-hybridized carbons (Fsp3) is 0.280. The van der Waals surface area contributed by atoms with E-state index < -0.39 is 39.4 Å². The molecule has 0 spiro atoms. The summed E-state index contributed by atoms with van der Waals surface area (Å²) < 4.78 is 53.0. The van der Waals surface area contributed by atoms with Crippen LogP contribution in [0, 0.1) is 24.7 Å². The molecule has 2 aromatic rings. The summed E-state index contributed by atoms with van der Waals surface area (Å²) in [5.41, 5.74) is -1.44. The Balaban J connectivity index is 2.27. The van der Waals surface area contributed by atoms with Gasteiger partial charge in [-0.05, 0) is 51.1 Å². The van der Waals surface area contributed by atoms with Gasteiger partial charge in [0.25, 0.3) is 15.6 Å². The van der Waals surface area contributed by atoms with Crippen molar-refractivity contribution in [2.24, 2.45) is 5.92 Å². The molecule has 7 nitrogen and oxygen atoms in total. The smallest absolute Gasteiger partial charge is 0.346 e. The number of carbonyl (C=O) groups is 2. The van der Waals surface area contributed by atoms with Gasteiger partial charge in [-0.15, -0.1) is 0 Å². The van der Waals surface area contributed by atoms with Crippen molar-refractivity contribution in [1.82, 2.24) is 4.31 Å². The molecule has 0 aromatic heterocycles. The number of nitrogens with zero attached hydrogens (tertiary/aromatic N) is 1. The van der Waals surface area contributed by atoms with Crippen molar-refractivity contribution < 1.29 is 31.9 Å². The van der Waals surface area contributed by atoms with Crippen LogP contribution in [-0.4, -0.2) is 43.4 Å². The predicted octanol–water partition coefficient (Wildman–Crippen LogP) is 3.34. The van der Waals surface area contributed by atoms with Gasteiger partial charge < -0.3 is 9.47 Å². The number of hydrogen-bond acceptors (Lipinski definition) is 6. The van der Waals surface area contributed by atoms with Gasteiger partial charge in [0.1, 0.15) is 0 Å². The van der Waals surface area contributed by atoms with Crippen LogP contribution in [0.4, 0.5) is 4.39 Å². The number of aryl methyl sites for hydroxylation is 1. The van der Waals surface area contributed by atoms with E-state index in [0.29, 0.717) is 5.56 Å². The van der Waals surface area contributed by atoms with Crippen molar-refractivity contribution in [1.29, 1.82) is 0 Å². The third kappa shape index (κ3) is 4.41. The minimum atomic E-state index is -4.73. The number of hydrogen-bond donors (Lipinski definition) is 0. The number of sulfonamides is 1. The highest BCUT2D eigenvalue weighted by atomic mass is 32.2. The molecule has 178 valence electrons. The van der Waals surface area contributed by atoms with Crippen molar-refractivity contribution >= 4 is 22.0 Å².